The van der Waals surface area contributed by atoms with E-state index in [0.29, 0.717) is 19.6 Å². The summed E-state index contributed by atoms with van der Waals surface area (Å²) < 4.78 is 23.1. The minimum atomic E-state index is -0.121. The maximum absolute atomic E-state index is 12.5. The molecule has 4 fully saturated rings. The van der Waals surface area contributed by atoms with Gasteiger partial charge in [-0.3, -0.25) is 0 Å². The van der Waals surface area contributed by atoms with Crippen molar-refractivity contribution in [1.82, 2.24) is 20.9 Å². The molecule has 48 heavy (non-hydrogen) atoms. The number of benzene rings is 3. The quantitative estimate of drug-likeness (QED) is 0.190. The highest BCUT2D eigenvalue weighted by molar-refractivity contribution is 5.77. The second kappa shape index (κ2) is 15.4. The van der Waals surface area contributed by atoms with Gasteiger partial charge in [-0.1, -0.05) is 24.3 Å². The van der Waals surface area contributed by atoms with Crippen molar-refractivity contribution in [3.05, 3.63) is 77.4 Å². The monoisotopic (exact) mass is 657 g/mol. The van der Waals surface area contributed by atoms with Crippen LogP contribution in [0.25, 0.3) is 0 Å². The number of carbonyl (C=O) groups excluding carboxylic acids is 2. The molecule has 0 aromatic heterocycles. The SMILES string of the molecule is COc1ccc([C@H]2CN(Cc3ccc(N)cc3)C(=O)N2)cc1OC1CCCC1.COc1ccc([C@H]2CNC(=O)N2)cc1OC1CCCC1. The van der Waals surface area contributed by atoms with Crippen LogP contribution < -0.4 is 40.6 Å². The number of urea groups is 2. The summed E-state index contributed by atoms with van der Waals surface area (Å²) in [5, 5.41) is 8.73. The Hall–Kier alpha value is -4.80. The van der Waals surface area contributed by atoms with E-state index < -0.39 is 0 Å². The lowest BCUT2D eigenvalue weighted by Gasteiger charge is -2.19. The highest BCUT2D eigenvalue weighted by atomic mass is 16.5. The lowest BCUT2D eigenvalue weighted by atomic mass is 10.1. The molecule has 3 aromatic rings. The smallest absolute Gasteiger partial charge is 0.318 e. The number of anilines is 1. The molecule has 256 valence electrons. The number of hydrogen-bond acceptors (Lipinski definition) is 7. The van der Waals surface area contributed by atoms with Crippen LogP contribution in [0, 0.1) is 0 Å². The van der Waals surface area contributed by atoms with Crippen LogP contribution in [-0.4, -0.2) is 56.5 Å². The maximum atomic E-state index is 12.5. The van der Waals surface area contributed by atoms with Gasteiger partial charge in [0.2, 0.25) is 0 Å². The number of carbonyl (C=O) groups is 2. The first kappa shape index (κ1) is 33.1. The van der Waals surface area contributed by atoms with Crippen molar-refractivity contribution in [3.63, 3.8) is 0 Å². The number of methoxy groups -OCH3 is 2. The third kappa shape index (κ3) is 8.18. The first-order chi connectivity index (χ1) is 23.4. The van der Waals surface area contributed by atoms with Gasteiger partial charge in [-0.15, -0.1) is 0 Å². The van der Waals surface area contributed by atoms with Gasteiger partial charge in [-0.2, -0.15) is 0 Å². The van der Waals surface area contributed by atoms with E-state index in [1.807, 2.05) is 65.6 Å². The molecular formula is C37H47N5O6. The Kier molecular flexibility index (Phi) is 10.6. The normalized spacial score (nSPS) is 20.8. The molecule has 2 aliphatic heterocycles. The standard InChI is InChI=1S/C22H27N3O3.C15H20N2O3/c1-27-20-11-8-16(12-21(20)28-18-4-2-3-5-18)19-14-25(22(26)24-19)13-15-6-9-17(23)10-7-15;1-19-13-7-6-10(12-9-16-15(18)17-12)8-14(13)20-11-4-2-3-5-11/h6-12,18-19H,2-5,13-14,23H2,1H3,(H,24,26);6-8,11-12H,2-5,9H2,1H3,(H2,16,17,18)/t19-;12-/m11/s1. The summed E-state index contributed by atoms with van der Waals surface area (Å²) in [4.78, 5) is 25.5. The molecule has 2 aliphatic carbocycles. The third-order valence-corrected chi connectivity index (χ3v) is 9.48. The van der Waals surface area contributed by atoms with Gasteiger partial charge in [0.1, 0.15) is 0 Å². The fourth-order valence-corrected chi connectivity index (χ4v) is 6.79. The van der Waals surface area contributed by atoms with Gasteiger partial charge >= 0.3 is 12.1 Å². The molecule has 11 nitrogen and oxygen atoms in total. The molecule has 0 bridgehead atoms. The Bertz CT molecular complexity index is 1550. The first-order valence-corrected chi connectivity index (χ1v) is 17.0. The minimum Gasteiger partial charge on any atom is -0.493 e. The molecule has 11 heteroatoms. The van der Waals surface area contributed by atoms with Crippen molar-refractivity contribution in [2.45, 2.75) is 82.2 Å². The number of nitrogens with one attached hydrogen (secondary N) is 3. The molecule has 2 saturated heterocycles. The topological polar surface area (TPSA) is 136 Å². The lowest BCUT2D eigenvalue weighted by Crippen LogP contribution is -2.27. The predicted octanol–water partition coefficient (Wildman–Crippen LogP) is 6.24. The van der Waals surface area contributed by atoms with E-state index in [2.05, 4.69) is 16.0 Å². The Morgan fingerprint density at radius 1 is 0.708 bits per heavy atom. The summed E-state index contributed by atoms with van der Waals surface area (Å²) in [7, 11) is 3.30. The molecule has 2 saturated carbocycles. The summed E-state index contributed by atoms with van der Waals surface area (Å²) in [6.07, 6.45) is 9.82. The number of rotatable bonds is 10. The van der Waals surface area contributed by atoms with Gasteiger partial charge in [0.15, 0.2) is 23.0 Å². The Balaban J connectivity index is 0.000000177. The third-order valence-electron chi connectivity index (χ3n) is 9.48. The fourth-order valence-electron chi connectivity index (χ4n) is 6.79. The average Bonchev–Trinajstić information content (AvgIpc) is 3.93. The van der Waals surface area contributed by atoms with Gasteiger partial charge < -0.3 is 45.5 Å². The van der Waals surface area contributed by atoms with E-state index >= 15 is 0 Å². The van der Waals surface area contributed by atoms with E-state index in [1.165, 1.54) is 25.7 Å². The molecule has 4 amide bonds. The molecule has 2 atom stereocenters. The molecule has 0 spiro atoms. The van der Waals surface area contributed by atoms with Crippen LogP contribution in [0.5, 0.6) is 23.0 Å². The Morgan fingerprint density at radius 2 is 1.25 bits per heavy atom. The molecule has 0 unspecified atom stereocenters. The predicted molar refractivity (Wildman–Crippen MR) is 184 cm³/mol. The largest absolute Gasteiger partial charge is 0.493 e. The molecule has 3 aromatic carbocycles. The minimum absolute atomic E-state index is 0.000616. The molecule has 2 heterocycles. The summed E-state index contributed by atoms with van der Waals surface area (Å²) in [5.74, 6) is 3.02. The van der Waals surface area contributed by atoms with E-state index in [9.17, 15) is 9.59 Å². The summed E-state index contributed by atoms with van der Waals surface area (Å²) >= 11 is 0. The van der Waals surface area contributed by atoms with Crippen LogP contribution in [0.1, 0.15) is 80.1 Å². The van der Waals surface area contributed by atoms with Crippen LogP contribution in [-0.2, 0) is 6.54 Å². The zero-order valence-corrected chi connectivity index (χ0v) is 27.8. The summed E-state index contributed by atoms with van der Waals surface area (Å²) in [6, 6.07) is 19.2. The molecule has 0 radical (unpaired) electrons. The molecular weight excluding hydrogens is 610 g/mol. The number of hydrogen-bond donors (Lipinski definition) is 4. The summed E-state index contributed by atoms with van der Waals surface area (Å²) in [6.45, 7) is 1.77. The van der Waals surface area contributed by atoms with Gasteiger partial charge in [-0.05, 0) is 104 Å². The summed E-state index contributed by atoms with van der Waals surface area (Å²) in [5.41, 5.74) is 9.59. The van der Waals surface area contributed by atoms with Gasteiger partial charge in [0, 0.05) is 25.3 Å². The van der Waals surface area contributed by atoms with Crippen molar-refractivity contribution in [2.24, 2.45) is 0 Å². The molecule has 5 N–H and O–H groups in total. The average molecular weight is 658 g/mol. The highest BCUT2D eigenvalue weighted by Gasteiger charge is 2.31. The zero-order chi connectivity index (χ0) is 33.5. The second-order valence-corrected chi connectivity index (χ2v) is 12.9. The van der Waals surface area contributed by atoms with Crippen molar-refractivity contribution in [2.75, 3.05) is 33.0 Å². The number of amides is 4. The second-order valence-electron chi connectivity index (χ2n) is 12.9. The van der Waals surface area contributed by atoms with Crippen LogP contribution in [0.15, 0.2) is 60.7 Å². The van der Waals surface area contributed by atoms with Crippen molar-refractivity contribution in [3.8, 4) is 23.0 Å². The van der Waals surface area contributed by atoms with Crippen molar-refractivity contribution in [1.29, 1.82) is 0 Å². The first-order valence-electron chi connectivity index (χ1n) is 17.0. The number of nitrogens with zero attached hydrogens (tertiary/aromatic N) is 1. The number of ether oxygens (including phenoxy) is 4. The van der Waals surface area contributed by atoms with Gasteiger partial charge in [0.25, 0.3) is 0 Å². The number of nitrogen functional groups attached to an aromatic ring is 1. The number of nitrogens with two attached hydrogens (primary N) is 1. The zero-order valence-electron chi connectivity index (χ0n) is 27.8. The van der Waals surface area contributed by atoms with Crippen LogP contribution in [0.3, 0.4) is 0 Å². The lowest BCUT2D eigenvalue weighted by molar-refractivity contribution is 0.200. The van der Waals surface area contributed by atoms with Crippen LogP contribution >= 0.6 is 0 Å². The van der Waals surface area contributed by atoms with Gasteiger partial charge in [-0.25, -0.2) is 9.59 Å². The van der Waals surface area contributed by atoms with E-state index in [-0.39, 0.29) is 36.4 Å². The van der Waals surface area contributed by atoms with Gasteiger partial charge in [0.05, 0.1) is 38.5 Å². The van der Waals surface area contributed by atoms with E-state index in [1.54, 1.807) is 14.2 Å². The Labute approximate surface area is 282 Å². The van der Waals surface area contributed by atoms with Crippen LogP contribution in [0.2, 0.25) is 0 Å². The van der Waals surface area contributed by atoms with E-state index in [4.69, 9.17) is 24.7 Å². The fraction of sp³-hybridized carbons (Fsp3) is 0.459. The van der Waals surface area contributed by atoms with Crippen molar-refractivity contribution < 1.29 is 28.5 Å². The van der Waals surface area contributed by atoms with Crippen molar-refractivity contribution >= 4 is 17.7 Å². The van der Waals surface area contributed by atoms with Crippen LogP contribution in [0.4, 0.5) is 15.3 Å². The highest BCUT2D eigenvalue weighted by Crippen LogP contribution is 2.36. The van der Waals surface area contributed by atoms with E-state index in [0.717, 1.165) is 71.1 Å². The maximum Gasteiger partial charge on any atom is 0.318 e. The molecule has 4 aliphatic rings. The molecule has 7 rings (SSSR count). The Morgan fingerprint density at radius 3 is 1.75 bits per heavy atom.